The van der Waals surface area contributed by atoms with E-state index in [2.05, 4.69) is 22.9 Å². The minimum atomic E-state index is -0.729. The number of amides is 1. The Kier molecular flexibility index (Phi) is 10.3. The number of carbonyl (C=O) groups is 1. The van der Waals surface area contributed by atoms with E-state index in [0.29, 0.717) is 22.0 Å². The van der Waals surface area contributed by atoms with Crippen molar-refractivity contribution in [1.82, 2.24) is 10.6 Å². The predicted octanol–water partition coefficient (Wildman–Crippen LogP) is 5.02. The first-order valence-electron chi connectivity index (χ1n) is 10.6. The molecule has 0 spiro atoms. The summed E-state index contributed by atoms with van der Waals surface area (Å²) in [5.74, 6) is -0.0506. The lowest BCUT2D eigenvalue weighted by molar-refractivity contribution is -0.115. The van der Waals surface area contributed by atoms with Gasteiger partial charge in [-0.1, -0.05) is 47.5 Å². The number of aryl methyl sites for hydroxylation is 2. The van der Waals surface area contributed by atoms with Crippen molar-refractivity contribution in [3.63, 3.8) is 0 Å². The van der Waals surface area contributed by atoms with Crippen molar-refractivity contribution >= 4 is 34.8 Å². The van der Waals surface area contributed by atoms with E-state index in [9.17, 15) is 9.90 Å². The van der Waals surface area contributed by atoms with Gasteiger partial charge in [-0.2, -0.15) is 0 Å². The summed E-state index contributed by atoms with van der Waals surface area (Å²) in [5.41, 5.74) is 3.57. The number of hydrogen-bond acceptors (Lipinski definition) is 4. The maximum atomic E-state index is 12.3. The highest BCUT2D eigenvalue weighted by Crippen LogP contribution is 2.32. The zero-order valence-electron chi connectivity index (χ0n) is 18.6. The Morgan fingerprint density at radius 1 is 0.968 bits per heavy atom. The molecule has 4 N–H and O–H groups in total. The largest absolute Gasteiger partial charge is 0.388 e. The third-order valence-electron chi connectivity index (χ3n) is 5.34. The van der Waals surface area contributed by atoms with Gasteiger partial charge in [0.05, 0.1) is 12.6 Å². The summed E-state index contributed by atoms with van der Waals surface area (Å²) >= 11 is 12.4. The van der Waals surface area contributed by atoms with Gasteiger partial charge in [-0.15, -0.1) is 0 Å². The van der Waals surface area contributed by atoms with E-state index in [0.717, 1.165) is 29.8 Å². The number of hydrogen-bond donors (Lipinski definition) is 4. The Morgan fingerprint density at radius 2 is 1.55 bits per heavy atom. The zero-order valence-corrected chi connectivity index (χ0v) is 20.1. The molecule has 2 aromatic carbocycles. The number of carbonyl (C=O) groups excluding carboxylic acids is 1. The Balaban J connectivity index is 1.69. The summed E-state index contributed by atoms with van der Waals surface area (Å²) in [5, 5.41) is 21.1. The maximum absolute atomic E-state index is 12.3. The van der Waals surface area contributed by atoms with Crippen molar-refractivity contribution in [2.75, 3.05) is 18.4 Å². The Labute approximate surface area is 195 Å². The number of anilines is 1. The summed E-state index contributed by atoms with van der Waals surface area (Å²) in [4.78, 5) is 12.3. The van der Waals surface area contributed by atoms with Gasteiger partial charge in [0.1, 0.15) is 0 Å². The lowest BCUT2D eigenvalue weighted by Crippen LogP contribution is -2.37. The predicted molar refractivity (Wildman–Crippen MR) is 130 cm³/mol. The van der Waals surface area contributed by atoms with Crippen molar-refractivity contribution in [3.05, 3.63) is 63.1 Å². The number of halogens is 2. The third kappa shape index (κ3) is 8.09. The molecule has 0 heterocycles. The van der Waals surface area contributed by atoms with Crippen molar-refractivity contribution in [3.8, 4) is 0 Å². The van der Waals surface area contributed by atoms with Gasteiger partial charge in [0.25, 0.3) is 0 Å². The van der Waals surface area contributed by atoms with E-state index in [1.165, 1.54) is 0 Å². The van der Waals surface area contributed by atoms with Gasteiger partial charge in [0.15, 0.2) is 0 Å². The quantitative estimate of drug-likeness (QED) is 0.375. The first kappa shape index (κ1) is 25.6. The molecule has 3 atom stereocenters. The second kappa shape index (κ2) is 12.4. The smallest absolute Gasteiger partial charge is 0.238 e. The first-order valence-corrected chi connectivity index (χ1v) is 11.4. The van der Waals surface area contributed by atoms with Gasteiger partial charge in [-0.3, -0.25) is 4.79 Å². The molecule has 0 radical (unpaired) electrons. The number of nitrogens with one attached hydrogen (secondary N) is 3. The van der Waals surface area contributed by atoms with Crippen LogP contribution in [0.25, 0.3) is 0 Å². The van der Waals surface area contributed by atoms with Crippen LogP contribution in [0.2, 0.25) is 10.0 Å². The van der Waals surface area contributed by atoms with E-state index in [1.807, 2.05) is 39.0 Å². The van der Waals surface area contributed by atoms with Crippen LogP contribution in [0.15, 0.2) is 36.4 Å². The van der Waals surface area contributed by atoms with E-state index < -0.39 is 6.10 Å². The minimum absolute atomic E-state index is 0.0506. The molecular weight excluding hydrogens is 433 g/mol. The van der Waals surface area contributed by atoms with Crippen LogP contribution in [-0.2, 0) is 4.79 Å². The van der Waals surface area contributed by atoms with E-state index in [4.69, 9.17) is 23.2 Å². The lowest BCUT2D eigenvalue weighted by atomic mass is 10.0. The van der Waals surface area contributed by atoms with Crippen LogP contribution in [0.4, 0.5) is 5.69 Å². The van der Waals surface area contributed by atoms with E-state index in [-0.39, 0.29) is 24.5 Å². The topological polar surface area (TPSA) is 73.4 Å². The number of rotatable bonds is 11. The lowest BCUT2D eigenvalue weighted by Gasteiger charge is -2.21. The molecule has 0 fully saturated rings. The average molecular weight is 466 g/mol. The third-order valence-corrected chi connectivity index (χ3v) is 6.00. The molecule has 170 valence electrons. The second-order valence-electron chi connectivity index (χ2n) is 8.13. The Hall–Kier alpha value is -1.63. The first-order chi connectivity index (χ1) is 14.7. The van der Waals surface area contributed by atoms with Crippen LogP contribution >= 0.6 is 23.2 Å². The van der Waals surface area contributed by atoms with Gasteiger partial charge in [0, 0.05) is 33.4 Å². The molecule has 31 heavy (non-hydrogen) atoms. The minimum Gasteiger partial charge on any atom is -0.388 e. The van der Waals surface area contributed by atoms with Crippen molar-refractivity contribution in [2.45, 2.75) is 58.7 Å². The standard InChI is InChI=1S/C24H33Cl2N3O2/c1-15-7-5-8-16(2)24(15)29-22(31)14-28-17(3)11-12-27-18(4)13-21(30)23-19(25)9-6-10-20(23)26/h5-10,17-18,21,27-28,30H,11-14H2,1-4H3,(H,29,31). The summed E-state index contributed by atoms with van der Waals surface area (Å²) in [6.45, 7) is 9.07. The normalized spacial score (nSPS) is 14.2. The highest BCUT2D eigenvalue weighted by molar-refractivity contribution is 6.36. The fourth-order valence-electron chi connectivity index (χ4n) is 3.48. The van der Waals surface area contributed by atoms with Crippen molar-refractivity contribution < 1.29 is 9.90 Å². The maximum Gasteiger partial charge on any atom is 0.238 e. The summed E-state index contributed by atoms with van der Waals surface area (Å²) in [7, 11) is 0. The van der Waals surface area contributed by atoms with Crippen molar-refractivity contribution in [2.24, 2.45) is 0 Å². The molecule has 0 saturated heterocycles. The highest BCUT2D eigenvalue weighted by atomic mass is 35.5. The van der Waals surface area contributed by atoms with Crippen LogP contribution in [0.5, 0.6) is 0 Å². The Bertz CT molecular complexity index is 835. The molecule has 0 saturated carbocycles. The molecule has 0 aliphatic rings. The molecule has 2 aromatic rings. The summed E-state index contributed by atoms with van der Waals surface area (Å²) < 4.78 is 0. The molecule has 0 aliphatic heterocycles. The summed E-state index contributed by atoms with van der Waals surface area (Å²) in [6.07, 6.45) is 0.626. The number of benzene rings is 2. The number of aliphatic hydroxyl groups is 1. The SMILES string of the molecule is Cc1cccc(C)c1NC(=O)CNC(C)CCNC(C)CC(O)c1c(Cl)cccc1Cl. The fraction of sp³-hybridized carbons (Fsp3) is 0.458. The average Bonchev–Trinajstić information content (AvgIpc) is 2.69. The fourth-order valence-corrected chi connectivity index (χ4v) is 4.12. The molecular formula is C24H33Cl2N3O2. The highest BCUT2D eigenvalue weighted by Gasteiger charge is 2.18. The number of aliphatic hydroxyl groups excluding tert-OH is 1. The van der Waals surface area contributed by atoms with Crippen molar-refractivity contribution in [1.29, 1.82) is 0 Å². The molecule has 1 amide bonds. The zero-order chi connectivity index (χ0) is 23.0. The van der Waals surface area contributed by atoms with E-state index >= 15 is 0 Å². The second-order valence-corrected chi connectivity index (χ2v) is 8.94. The molecule has 0 bridgehead atoms. The number of para-hydroxylation sites is 1. The molecule has 7 heteroatoms. The van der Waals surface area contributed by atoms with Gasteiger partial charge in [-0.25, -0.2) is 0 Å². The van der Waals surface area contributed by atoms with Gasteiger partial charge in [-0.05, 0) is 70.3 Å². The molecule has 0 aromatic heterocycles. The van der Waals surface area contributed by atoms with Crippen LogP contribution in [0.1, 0.15) is 49.5 Å². The van der Waals surface area contributed by atoms with Crippen LogP contribution in [-0.4, -0.2) is 36.2 Å². The van der Waals surface area contributed by atoms with Crippen LogP contribution < -0.4 is 16.0 Å². The van der Waals surface area contributed by atoms with Crippen LogP contribution in [0.3, 0.4) is 0 Å². The molecule has 3 unspecified atom stereocenters. The van der Waals surface area contributed by atoms with E-state index in [1.54, 1.807) is 18.2 Å². The molecule has 0 aliphatic carbocycles. The van der Waals surface area contributed by atoms with Crippen LogP contribution in [0, 0.1) is 13.8 Å². The van der Waals surface area contributed by atoms with Gasteiger partial charge in [0.2, 0.25) is 5.91 Å². The summed E-state index contributed by atoms with van der Waals surface area (Å²) in [6, 6.07) is 11.4. The van der Waals surface area contributed by atoms with Gasteiger partial charge < -0.3 is 21.1 Å². The molecule has 2 rings (SSSR count). The molecule has 5 nitrogen and oxygen atoms in total. The Morgan fingerprint density at radius 3 is 2.16 bits per heavy atom. The van der Waals surface area contributed by atoms with Gasteiger partial charge >= 0.3 is 0 Å². The monoisotopic (exact) mass is 465 g/mol.